The first-order valence-electron chi connectivity index (χ1n) is 8.66. The van der Waals surface area contributed by atoms with Gasteiger partial charge in [-0.15, -0.1) is 10.2 Å². The van der Waals surface area contributed by atoms with E-state index in [1.807, 2.05) is 61.5 Å². The van der Waals surface area contributed by atoms with Crippen molar-refractivity contribution in [2.45, 2.75) is 13.0 Å². The van der Waals surface area contributed by atoms with Crippen molar-refractivity contribution in [3.05, 3.63) is 102 Å². The highest BCUT2D eigenvalue weighted by Gasteiger charge is 2.21. The van der Waals surface area contributed by atoms with Gasteiger partial charge in [-0.3, -0.25) is 0 Å². The maximum absolute atomic E-state index is 13.4. The number of benzene rings is 3. The Hall–Kier alpha value is -3.47. The Kier molecular flexibility index (Phi) is 4.66. The van der Waals surface area contributed by atoms with Crippen LogP contribution in [-0.2, 0) is 0 Å². The molecule has 4 rings (SSSR count). The Morgan fingerprint density at radius 2 is 1.67 bits per heavy atom. The molecule has 1 aromatic heterocycles. The summed E-state index contributed by atoms with van der Waals surface area (Å²) >= 11 is 0. The molecule has 134 valence electrons. The molecular formula is C22H18FN3O. The largest absolute Gasteiger partial charge is 0.418 e. The molecule has 0 amide bonds. The molecule has 5 heteroatoms. The van der Waals surface area contributed by atoms with Gasteiger partial charge in [0.25, 0.3) is 0 Å². The summed E-state index contributed by atoms with van der Waals surface area (Å²) in [4.78, 5) is 0. The van der Waals surface area contributed by atoms with Crippen molar-refractivity contribution >= 4 is 5.69 Å². The maximum atomic E-state index is 13.4. The Labute approximate surface area is 156 Å². The fourth-order valence-corrected chi connectivity index (χ4v) is 2.89. The zero-order valence-electron chi connectivity index (χ0n) is 14.8. The quantitative estimate of drug-likeness (QED) is 0.519. The zero-order valence-corrected chi connectivity index (χ0v) is 14.8. The fraction of sp³-hybridized carbons (Fsp3) is 0.0909. The molecule has 1 atom stereocenters. The first-order chi connectivity index (χ1) is 13.2. The van der Waals surface area contributed by atoms with Crippen LogP contribution in [0.25, 0.3) is 11.5 Å². The van der Waals surface area contributed by atoms with Crippen LogP contribution in [0.15, 0.2) is 83.3 Å². The third kappa shape index (κ3) is 3.87. The first-order valence-corrected chi connectivity index (χ1v) is 8.66. The molecule has 27 heavy (non-hydrogen) atoms. The third-order valence-electron chi connectivity index (χ3n) is 4.24. The van der Waals surface area contributed by atoms with Crippen LogP contribution in [0.5, 0.6) is 0 Å². The molecule has 3 aromatic carbocycles. The van der Waals surface area contributed by atoms with Gasteiger partial charge >= 0.3 is 0 Å². The van der Waals surface area contributed by atoms with Crippen molar-refractivity contribution in [3.8, 4) is 11.5 Å². The summed E-state index contributed by atoms with van der Waals surface area (Å²) in [6, 6.07) is 23.5. The summed E-state index contributed by atoms with van der Waals surface area (Å²) in [5.74, 6) is 0.578. The molecule has 0 saturated carbocycles. The molecular weight excluding hydrogens is 341 g/mol. The van der Waals surface area contributed by atoms with Gasteiger partial charge in [0.15, 0.2) is 0 Å². The van der Waals surface area contributed by atoms with E-state index in [2.05, 4.69) is 15.5 Å². The molecule has 0 unspecified atom stereocenters. The lowest BCUT2D eigenvalue weighted by Crippen LogP contribution is -2.13. The second-order valence-corrected chi connectivity index (χ2v) is 6.31. The lowest BCUT2D eigenvalue weighted by molar-refractivity contribution is 0.494. The van der Waals surface area contributed by atoms with Crippen LogP contribution in [0.4, 0.5) is 10.1 Å². The molecule has 0 radical (unpaired) electrons. The SMILES string of the molecule is Cc1cccc(N[C@H](c2ccc(F)cc2)c2nnc(-c3ccccc3)o2)c1. The van der Waals surface area contributed by atoms with E-state index in [9.17, 15) is 4.39 Å². The van der Waals surface area contributed by atoms with Gasteiger partial charge in [0.1, 0.15) is 11.9 Å². The Balaban J connectivity index is 1.71. The average molecular weight is 359 g/mol. The summed E-state index contributed by atoms with van der Waals surface area (Å²) in [7, 11) is 0. The van der Waals surface area contributed by atoms with E-state index >= 15 is 0 Å². The van der Waals surface area contributed by atoms with Crippen LogP contribution in [-0.4, -0.2) is 10.2 Å². The monoisotopic (exact) mass is 359 g/mol. The van der Waals surface area contributed by atoms with Gasteiger partial charge in [-0.25, -0.2) is 4.39 Å². The minimum absolute atomic E-state index is 0.288. The lowest BCUT2D eigenvalue weighted by Gasteiger charge is -2.17. The van der Waals surface area contributed by atoms with Crippen LogP contribution in [0.2, 0.25) is 0 Å². The predicted octanol–water partition coefficient (Wildman–Crippen LogP) is 5.39. The highest BCUT2D eigenvalue weighted by atomic mass is 19.1. The van der Waals surface area contributed by atoms with Crippen LogP contribution in [0, 0.1) is 12.7 Å². The third-order valence-corrected chi connectivity index (χ3v) is 4.24. The molecule has 0 fully saturated rings. The van der Waals surface area contributed by atoms with Crippen molar-refractivity contribution in [2.24, 2.45) is 0 Å². The predicted molar refractivity (Wildman–Crippen MR) is 103 cm³/mol. The van der Waals surface area contributed by atoms with Crippen LogP contribution in [0.3, 0.4) is 0 Å². The van der Waals surface area contributed by atoms with E-state index in [0.717, 1.165) is 22.4 Å². The van der Waals surface area contributed by atoms with Crippen molar-refractivity contribution in [1.29, 1.82) is 0 Å². The van der Waals surface area contributed by atoms with Crippen molar-refractivity contribution in [1.82, 2.24) is 10.2 Å². The summed E-state index contributed by atoms with van der Waals surface area (Å²) in [5.41, 5.74) is 3.74. The minimum Gasteiger partial charge on any atom is -0.418 e. The van der Waals surface area contributed by atoms with E-state index < -0.39 is 6.04 Å². The van der Waals surface area contributed by atoms with E-state index in [-0.39, 0.29) is 5.82 Å². The van der Waals surface area contributed by atoms with Crippen LogP contribution >= 0.6 is 0 Å². The normalized spacial score (nSPS) is 11.9. The standard InChI is InChI=1S/C22H18FN3O/c1-15-6-5-9-19(14-15)24-20(16-10-12-18(23)13-11-16)22-26-25-21(27-22)17-7-3-2-4-8-17/h2-14,20,24H,1H3/t20-/m1/s1. The first kappa shape index (κ1) is 17.0. The fourth-order valence-electron chi connectivity index (χ4n) is 2.89. The highest BCUT2D eigenvalue weighted by molar-refractivity contribution is 5.53. The molecule has 4 aromatic rings. The van der Waals surface area contributed by atoms with Gasteiger partial charge in [-0.05, 0) is 54.4 Å². The maximum Gasteiger partial charge on any atom is 0.247 e. The van der Waals surface area contributed by atoms with Gasteiger partial charge < -0.3 is 9.73 Å². The average Bonchev–Trinajstić information content (AvgIpc) is 3.18. The number of nitrogens with zero attached hydrogens (tertiary/aromatic N) is 2. The number of halogens is 1. The molecule has 0 spiro atoms. The highest BCUT2D eigenvalue weighted by Crippen LogP contribution is 2.28. The Morgan fingerprint density at radius 1 is 0.889 bits per heavy atom. The number of hydrogen-bond donors (Lipinski definition) is 1. The molecule has 1 N–H and O–H groups in total. The van der Waals surface area contributed by atoms with E-state index in [0.29, 0.717) is 11.8 Å². The van der Waals surface area contributed by atoms with E-state index in [4.69, 9.17) is 4.42 Å². The van der Waals surface area contributed by atoms with Crippen LogP contribution < -0.4 is 5.32 Å². The number of rotatable bonds is 5. The van der Waals surface area contributed by atoms with Gasteiger partial charge in [-0.1, -0.05) is 42.5 Å². The Morgan fingerprint density at radius 3 is 2.41 bits per heavy atom. The molecule has 4 nitrogen and oxygen atoms in total. The van der Waals surface area contributed by atoms with Crippen LogP contribution in [0.1, 0.15) is 23.1 Å². The molecule has 0 saturated heterocycles. The molecule has 0 aliphatic rings. The number of aryl methyl sites for hydroxylation is 1. The second-order valence-electron chi connectivity index (χ2n) is 6.31. The zero-order chi connectivity index (χ0) is 18.6. The molecule has 0 aliphatic carbocycles. The van der Waals surface area contributed by atoms with E-state index in [1.54, 1.807) is 12.1 Å². The van der Waals surface area contributed by atoms with Crippen molar-refractivity contribution in [3.63, 3.8) is 0 Å². The second kappa shape index (κ2) is 7.41. The molecule has 1 heterocycles. The number of nitrogens with one attached hydrogen (secondary N) is 1. The smallest absolute Gasteiger partial charge is 0.247 e. The van der Waals surface area contributed by atoms with Gasteiger partial charge in [0, 0.05) is 11.3 Å². The summed E-state index contributed by atoms with van der Waals surface area (Å²) in [6.07, 6.45) is 0. The topological polar surface area (TPSA) is 51.0 Å². The molecule has 0 bridgehead atoms. The number of aromatic nitrogens is 2. The number of anilines is 1. The minimum atomic E-state index is -0.391. The van der Waals surface area contributed by atoms with Crippen molar-refractivity contribution in [2.75, 3.05) is 5.32 Å². The summed E-state index contributed by atoms with van der Waals surface area (Å²) < 4.78 is 19.3. The summed E-state index contributed by atoms with van der Waals surface area (Å²) in [6.45, 7) is 2.03. The van der Waals surface area contributed by atoms with Gasteiger partial charge in [0.05, 0.1) is 0 Å². The lowest BCUT2D eigenvalue weighted by atomic mass is 10.1. The Bertz CT molecular complexity index is 1030. The van der Waals surface area contributed by atoms with Gasteiger partial charge in [-0.2, -0.15) is 0 Å². The van der Waals surface area contributed by atoms with Gasteiger partial charge in [0.2, 0.25) is 11.8 Å². The van der Waals surface area contributed by atoms with E-state index in [1.165, 1.54) is 12.1 Å². The molecule has 0 aliphatic heterocycles. The summed E-state index contributed by atoms with van der Waals surface area (Å²) in [5, 5.41) is 11.8. The van der Waals surface area contributed by atoms with Crippen molar-refractivity contribution < 1.29 is 8.81 Å². The number of hydrogen-bond acceptors (Lipinski definition) is 4.